The first-order chi connectivity index (χ1) is 8.66. The average Bonchev–Trinajstić information content (AvgIpc) is 2.34. The van der Waals surface area contributed by atoms with Crippen LogP contribution in [0.2, 0.25) is 0 Å². The molecule has 0 radical (unpaired) electrons. The zero-order valence-corrected chi connectivity index (χ0v) is 13.1. The maximum absolute atomic E-state index is 11.3. The van der Waals surface area contributed by atoms with E-state index < -0.39 is 0 Å². The van der Waals surface area contributed by atoms with Crippen molar-refractivity contribution in [3.63, 3.8) is 0 Å². The fraction of sp³-hybridized carbons (Fsp3) is 0.857. The van der Waals surface area contributed by atoms with E-state index in [0.29, 0.717) is 6.42 Å². The zero-order chi connectivity index (χ0) is 13.6. The molecule has 0 unspecified atom stereocenters. The van der Waals surface area contributed by atoms with E-state index in [4.69, 9.17) is 0 Å². The first-order valence-electron chi connectivity index (χ1n) is 7.11. The molecule has 0 atom stereocenters. The van der Waals surface area contributed by atoms with E-state index in [1.807, 2.05) is 0 Å². The summed E-state index contributed by atoms with van der Waals surface area (Å²) in [5, 5.41) is 2.57. The third-order valence-corrected chi connectivity index (χ3v) is 3.21. The minimum Gasteiger partial charge on any atom is -0.348 e. The Labute approximate surface area is 119 Å². The normalized spacial score (nSPS) is 10.3. The molecule has 18 heavy (non-hydrogen) atoms. The van der Waals surface area contributed by atoms with Crippen molar-refractivity contribution < 1.29 is 9.59 Å². The molecule has 4 heteroatoms. The van der Waals surface area contributed by atoms with Crippen molar-refractivity contribution in [1.29, 1.82) is 0 Å². The largest absolute Gasteiger partial charge is 0.348 e. The van der Waals surface area contributed by atoms with Crippen LogP contribution in [0.25, 0.3) is 0 Å². The van der Waals surface area contributed by atoms with Gasteiger partial charge in [0.15, 0.2) is 0 Å². The van der Waals surface area contributed by atoms with Crippen LogP contribution in [0.4, 0.5) is 0 Å². The summed E-state index contributed by atoms with van der Waals surface area (Å²) in [5.74, 6) is -0.0225. The second kappa shape index (κ2) is 13.1. The van der Waals surface area contributed by atoms with Crippen LogP contribution in [0.1, 0.15) is 71.1 Å². The average molecular weight is 320 g/mol. The van der Waals surface area contributed by atoms with Gasteiger partial charge in [0.2, 0.25) is 10.6 Å². The van der Waals surface area contributed by atoms with Gasteiger partial charge in [0.1, 0.15) is 0 Å². The van der Waals surface area contributed by atoms with E-state index in [9.17, 15) is 9.59 Å². The molecule has 0 aliphatic carbocycles. The van der Waals surface area contributed by atoms with Crippen molar-refractivity contribution in [2.24, 2.45) is 0 Å². The molecule has 0 rings (SSSR count). The number of unbranched alkanes of at least 4 members (excludes halogenated alkanes) is 8. The molecule has 0 saturated carbocycles. The van der Waals surface area contributed by atoms with E-state index in [1.54, 1.807) is 0 Å². The topological polar surface area (TPSA) is 46.2 Å². The van der Waals surface area contributed by atoms with Gasteiger partial charge in [-0.2, -0.15) is 0 Å². The first-order valence-corrected chi connectivity index (χ1v) is 7.91. The van der Waals surface area contributed by atoms with Gasteiger partial charge in [0.25, 0.3) is 0 Å². The lowest BCUT2D eigenvalue weighted by Gasteiger charge is -2.03. The highest BCUT2D eigenvalue weighted by atomic mass is 79.9. The van der Waals surface area contributed by atoms with E-state index in [-0.39, 0.29) is 17.1 Å². The van der Waals surface area contributed by atoms with Crippen molar-refractivity contribution in [3.05, 3.63) is 0 Å². The van der Waals surface area contributed by atoms with Crippen molar-refractivity contribution in [2.75, 3.05) is 6.54 Å². The number of carbonyl (C=O) groups excluding carboxylic acids is 2. The van der Waals surface area contributed by atoms with Gasteiger partial charge < -0.3 is 5.32 Å². The molecule has 0 fully saturated rings. The van der Waals surface area contributed by atoms with Gasteiger partial charge in [-0.3, -0.25) is 9.59 Å². The molecule has 0 aromatic heterocycles. The molecular weight excluding hydrogens is 294 g/mol. The summed E-state index contributed by atoms with van der Waals surface area (Å²) in [7, 11) is 0. The second-order valence-corrected chi connectivity index (χ2v) is 5.59. The van der Waals surface area contributed by atoms with Crippen molar-refractivity contribution in [3.8, 4) is 0 Å². The Morgan fingerprint density at radius 2 is 1.39 bits per heavy atom. The number of rotatable bonds is 12. The van der Waals surface area contributed by atoms with Gasteiger partial charge in [0.05, 0.1) is 6.54 Å². The Bertz CT molecular complexity index is 232. The second-order valence-electron chi connectivity index (χ2n) is 4.71. The lowest BCUT2D eigenvalue weighted by Crippen LogP contribution is -2.26. The van der Waals surface area contributed by atoms with Gasteiger partial charge in [0, 0.05) is 6.42 Å². The quantitative estimate of drug-likeness (QED) is 0.437. The SMILES string of the molecule is CCCCCCCCCCCC(=O)NCC(=O)Br. The molecule has 0 heterocycles. The molecule has 1 amide bonds. The summed E-state index contributed by atoms with van der Waals surface area (Å²) in [6.45, 7) is 2.32. The predicted octanol–water partition coefficient (Wildman–Crippen LogP) is 3.95. The molecule has 0 aliphatic rings. The molecule has 0 bridgehead atoms. The van der Waals surface area contributed by atoms with Crippen LogP contribution in [0, 0.1) is 0 Å². The number of hydrogen-bond donors (Lipinski definition) is 1. The number of carbonyl (C=O) groups is 2. The Kier molecular flexibility index (Phi) is 12.8. The van der Waals surface area contributed by atoms with E-state index in [0.717, 1.165) is 12.8 Å². The van der Waals surface area contributed by atoms with E-state index in [2.05, 4.69) is 28.2 Å². The molecule has 0 aromatic rings. The van der Waals surface area contributed by atoms with Gasteiger partial charge in [-0.25, -0.2) is 0 Å². The summed E-state index contributed by atoms with van der Waals surface area (Å²) < 4.78 is -0.178. The number of nitrogens with one attached hydrogen (secondary N) is 1. The molecule has 0 saturated heterocycles. The maximum atomic E-state index is 11.3. The summed E-state index contributed by atoms with van der Waals surface area (Å²) in [6, 6.07) is 0. The van der Waals surface area contributed by atoms with Crippen LogP contribution in [0.15, 0.2) is 0 Å². The number of hydrogen-bond acceptors (Lipinski definition) is 2. The molecular formula is C14H26BrNO2. The van der Waals surface area contributed by atoms with Gasteiger partial charge in [-0.15, -0.1) is 0 Å². The molecule has 106 valence electrons. The number of amides is 1. The summed E-state index contributed by atoms with van der Waals surface area (Å²) >= 11 is 2.78. The third kappa shape index (κ3) is 13.7. The predicted molar refractivity (Wildman–Crippen MR) is 78.8 cm³/mol. The summed E-state index contributed by atoms with van der Waals surface area (Å²) in [5.41, 5.74) is 0. The Hall–Kier alpha value is -0.380. The Morgan fingerprint density at radius 3 is 1.89 bits per heavy atom. The molecule has 3 nitrogen and oxygen atoms in total. The van der Waals surface area contributed by atoms with Gasteiger partial charge in [-0.05, 0) is 22.4 Å². The number of halogens is 1. The molecule has 0 spiro atoms. The summed E-state index contributed by atoms with van der Waals surface area (Å²) in [4.78, 5) is 21.8. The lowest BCUT2D eigenvalue weighted by atomic mass is 10.1. The monoisotopic (exact) mass is 319 g/mol. The van der Waals surface area contributed by atoms with Gasteiger partial charge in [-0.1, -0.05) is 58.3 Å². The fourth-order valence-corrected chi connectivity index (χ4v) is 1.99. The minimum atomic E-state index is -0.178. The first kappa shape index (κ1) is 17.6. The van der Waals surface area contributed by atoms with Crippen LogP contribution >= 0.6 is 15.9 Å². The fourth-order valence-electron chi connectivity index (χ4n) is 1.85. The maximum Gasteiger partial charge on any atom is 0.220 e. The van der Waals surface area contributed by atoms with E-state index >= 15 is 0 Å². The smallest absolute Gasteiger partial charge is 0.220 e. The lowest BCUT2D eigenvalue weighted by molar-refractivity contribution is -0.122. The van der Waals surface area contributed by atoms with Crippen LogP contribution in [0.5, 0.6) is 0 Å². The molecule has 1 N–H and O–H groups in total. The molecule has 0 aromatic carbocycles. The van der Waals surface area contributed by atoms with Crippen LogP contribution in [0.3, 0.4) is 0 Å². The third-order valence-electron chi connectivity index (χ3n) is 2.93. The highest BCUT2D eigenvalue weighted by Crippen LogP contribution is 2.10. The highest BCUT2D eigenvalue weighted by Gasteiger charge is 2.02. The summed E-state index contributed by atoms with van der Waals surface area (Å²) in [6.07, 6.45) is 11.8. The molecule has 0 aliphatic heterocycles. The van der Waals surface area contributed by atoms with Crippen molar-refractivity contribution in [2.45, 2.75) is 71.1 Å². The van der Waals surface area contributed by atoms with E-state index in [1.165, 1.54) is 44.9 Å². The van der Waals surface area contributed by atoms with Crippen LogP contribution in [-0.4, -0.2) is 17.1 Å². The van der Waals surface area contributed by atoms with Crippen molar-refractivity contribution >= 4 is 26.5 Å². The minimum absolute atomic E-state index is 0.0225. The Balaban J connectivity index is 3.15. The Morgan fingerprint density at radius 1 is 0.889 bits per heavy atom. The van der Waals surface area contributed by atoms with Crippen molar-refractivity contribution in [1.82, 2.24) is 5.32 Å². The van der Waals surface area contributed by atoms with Gasteiger partial charge >= 0.3 is 0 Å². The van der Waals surface area contributed by atoms with Crippen LogP contribution in [-0.2, 0) is 9.59 Å². The zero-order valence-electron chi connectivity index (χ0n) is 11.5. The standard InChI is InChI=1S/C14H26BrNO2/c1-2-3-4-5-6-7-8-9-10-11-14(18)16-12-13(15)17/h2-12H2,1H3,(H,16,18). The highest BCUT2D eigenvalue weighted by molar-refractivity contribution is 9.18. The van der Waals surface area contributed by atoms with Crippen LogP contribution < -0.4 is 5.32 Å².